The molecule has 2 N–H and O–H groups in total. The predicted molar refractivity (Wildman–Crippen MR) is 56.0 cm³/mol. The van der Waals surface area contributed by atoms with Gasteiger partial charge in [0, 0.05) is 11.6 Å². The minimum Gasteiger partial charge on any atom is -0.325 e. The zero-order valence-corrected chi connectivity index (χ0v) is 9.66. The Hall–Kier alpha value is -0.480. The Kier molecular flexibility index (Phi) is 3.27. The SMILES string of the molecule is CC(C)(N)Cc1cc(F)cc(F)c1Br. The van der Waals surface area contributed by atoms with Gasteiger partial charge in [0.05, 0.1) is 4.47 Å². The van der Waals surface area contributed by atoms with Crippen LogP contribution >= 0.6 is 15.9 Å². The fraction of sp³-hybridized carbons (Fsp3) is 0.400. The maximum Gasteiger partial charge on any atom is 0.140 e. The van der Waals surface area contributed by atoms with E-state index in [0.29, 0.717) is 12.0 Å². The molecule has 1 aromatic rings. The van der Waals surface area contributed by atoms with Crippen LogP contribution in [0.15, 0.2) is 16.6 Å². The fourth-order valence-corrected chi connectivity index (χ4v) is 1.60. The summed E-state index contributed by atoms with van der Waals surface area (Å²) >= 11 is 3.07. The normalized spacial score (nSPS) is 11.9. The van der Waals surface area contributed by atoms with E-state index in [2.05, 4.69) is 15.9 Å². The molecule has 0 saturated heterocycles. The molecule has 0 spiro atoms. The monoisotopic (exact) mass is 263 g/mol. The molecule has 4 heteroatoms. The Balaban J connectivity index is 3.09. The van der Waals surface area contributed by atoms with Crippen molar-refractivity contribution >= 4 is 15.9 Å². The third-order valence-corrected chi connectivity index (χ3v) is 2.60. The van der Waals surface area contributed by atoms with Gasteiger partial charge in [0.25, 0.3) is 0 Å². The molecule has 0 aliphatic carbocycles. The van der Waals surface area contributed by atoms with Crippen LogP contribution in [0.1, 0.15) is 19.4 Å². The fourth-order valence-electron chi connectivity index (χ4n) is 1.23. The number of hydrogen-bond donors (Lipinski definition) is 1. The highest BCUT2D eigenvalue weighted by Gasteiger charge is 2.16. The van der Waals surface area contributed by atoms with Crippen LogP contribution in [0.4, 0.5) is 8.78 Å². The van der Waals surface area contributed by atoms with E-state index in [0.717, 1.165) is 6.07 Å². The van der Waals surface area contributed by atoms with Crippen molar-refractivity contribution in [3.05, 3.63) is 33.8 Å². The molecular formula is C10H12BrF2N. The van der Waals surface area contributed by atoms with Crippen LogP contribution < -0.4 is 5.73 Å². The summed E-state index contributed by atoms with van der Waals surface area (Å²) in [7, 11) is 0. The van der Waals surface area contributed by atoms with E-state index in [1.165, 1.54) is 6.07 Å². The van der Waals surface area contributed by atoms with Crippen molar-refractivity contribution in [3.63, 3.8) is 0 Å². The molecule has 1 nitrogen and oxygen atoms in total. The molecule has 0 heterocycles. The third-order valence-electron chi connectivity index (χ3n) is 1.71. The van der Waals surface area contributed by atoms with Crippen molar-refractivity contribution in [2.75, 3.05) is 0 Å². The first-order valence-electron chi connectivity index (χ1n) is 4.22. The molecule has 0 atom stereocenters. The average Bonchev–Trinajstić information content (AvgIpc) is 1.96. The zero-order chi connectivity index (χ0) is 10.9. The molecule has 1 aromatic carbocycles. The Bertz CT molecular complexity index is 345. The first kappa shape index (κ1) is 11.6. The lowest BCUT2D eigenvalue weighted by atomic mass is 9.96. The highest BCUT2D eigenvalue weighted by atomic mass is 79.9. The van der Waals surface area contributed by atoms with Gasteiger partial charge in [-0.2, -0.15) is 0 Å². The predicted octanol–water partition coefficient (Wildman–Crippen LogP) is 3.01. The van der Waals surface area contributed by atoms with Crippen LogP contribution in [0.3, 0.4) is 0 Å². The van der Waals surface area contributed by atoms with Gasteiger partial charge >= 0.3 is 0 Å². The molecule has 0 amide bonds. The molecule has 0 unspecified atom stereocenters. The van der Waals surface area contributed by atoms with Crippen LogP contribution in [0, 0.1) is 11.6 Å². The minimum atomic E-state index is -0.593. The summed E-state index contributed by atoms with van der Waals surface area (Å²) in [5, 5.41) is 0. The quantitative estimate of drug-likeness (QED) is 0.816. The first-order valence-corrected chi connectivity index (χ1v) is 5.01. The van der Waals surface area contributed by atoms with Gasteiger partial charge in [-0.3, -0.25) is 0 Å². The van der Waals surface area contributed by atoms with E-state index in [9.17, 15) is 8.78 Å². The van der Waals surface area contributed by atoms with E-state index in [4.69, 9.17) is 5.73 Å². The second-order valence-corrected chi connectivity index (χ2v) is 4.82. The van der Waals surface area contributed by atoms with Gasteiger partial charge in [-0.15, -0.1) is 0 Å². The van der Waals surface area contributed by atoms with Gasteiger partial charge in [0.2, 0.25) is 0 Å². The third kappa shape index (κ3) is 3.03. The van der Waals surface area contributed by atoms with Crippen molar-refractivity contribution in [2.45, 2.75) is 25.8 Å². The molecule has 0 radical (unpaired) electrons. The zero-order valence-electron chi connectivity index (χ0n) is 8.07. The lowest BCUT2D eigenvalue weighted by molar-refractivity contribution is 0.507. The highest BCUT2D eigenvalue weighted by Crippen LogP contribution is 2.24. The van der Waals surface area contributed by atoms with Gasteiger partial charge in [-0.1, -0.05) is 0 Å². The summed E-state index contributed by atoms with van der Waals surface area (Å²) < 4.78 is 26.3. The Labute approximate surface area is 90.4 Å². The van der Waals surface area contributed by atoms with Gasteiger partial charge in [0.1, 0.15) is 11.6 Å². The van der Waals surface area contributed by atoms with Crippen LogP contribution in [0.25, 0.3) is 0 Å². The Morgan fingerprint density at radius 2 is 1.93 bits per heavy atom. The number of halogens is 3. The van der Waals surface area contributed by atoms with Crippen molar-refractivity contribution in [1.29, 1.82) is 0 Å². The van der Waals surface area contributed by atoms with Crippen LogP contribution in [-0.2, 0) is 6.42 Å². The van der Waals surface area contributed by atoms with E-state index in [1.54, 1.807) is 0 Å². The van der Waals surface area contributed by atoms with Crippen molar-refractivity contribution in [2.24, 2.45) is 5.73 Å². The summed E-state index contributed by atoms with van der Waals surface area (Å²) in [5.74, 6) is -1.17. The second kappa shape index (κ2) is 3.95. The molecule has 0 fully saturated rings. The van der Waals surface area contributed by atoms with E-state index in [-0.39, 0.29) is 4.47 Å². The molecular weight excluding hydrogens is 252 g/mol. The number of benzene rings is 1. The largest absolute Gasteiger partial charge is 0.325 e. The van der Waals surface area contributed by atoms with Gasteiger partial charge in [-0.25, -0.2) is 8.78 Å². The Morgan fingerprint density at radius 1 is 1.36 bits per heavy atom. The maximum absolute atomic E-state index is 13.1. The van der Waals surface area contributed by atoms with Crippen molar-refractivity contribution in [1.82, 2.24) is 0 Å². The lowest BCUT2D eigenvalue weighted by Gasteiger charge is -2.19. The first-order chi connectivity index (χ1) is 6.29. The molecule has 0 aliphatic heterocycles. The summed E-state index contributed by atoms with van der Waals surface area (Å²) in [6, 6.07) is 2.14. The smallest absolute Gasteiger partial charge is 0.140 e. The van der Waals surface area contributed by atoms with Crippen LogP contribution in [-0.4, -0.2) is 5.54 Å². The molecule has 78 valence electrons. The molecule has 14 heavy (non-hydrogen) atoms. The van der Waals surface area contributed by atoms with E-state index in [1.807, 2.05) is 13.8 Å². The van der Waals surface area contributed by atoms with E-state index < -0.39 is 17.2 Å². The molecule has 0 bridgehead atoms. The standard InChI is InChI=1S/C10H12BrF2N/c1-10(2,14)5-6-3-7(12)4-8(13)9(6)11/h3-4H,5,14H2,1-2H3. The van der Waals surface area contributed by atoms with Crippen molar-refractivity contribution in [3.8, 4) is 0 Å². The van der Waals surface area contributed by atoms with E-state index >= 15 is 0 Å². The summed E-state index contributed by atoms with van der Waals surface area (Å²) in [6.07, 6.45) is 0.419. The minimum absolute atomic E-state index is 0.289. The van der Waals surface area contributed by atoms with Crippen LogP contribution in [0.5, 0.6) is 0 Å². The van der Waals surface area contributed by atoms with Gasteiger partial charge in [-0.05, 0) is 47.8 Å². The molecule has 0 aromatic heterocycles. The summed E-state index contributed by atoms with van der Waals surface area (Å²) in [5.41, 5.74) is 5.84. The van der Waals surface area contributed by atoms with Gasteiger partial charge < -0.3 is 5.73 Å². The van der Waals surface area contributed by atoms with Gasteiger partial charge in [0.15, 0.2) is 0 Å². The van der Waals surface area contributed by atoms with Crippen molar-refractivity contribution < 1.29 is 8.78 Å². The molecule has 1 rings (SSSR count). The topological polar surface area (TPSA) is 26.0 Å². The second-order valence-electron chi connectivity index (χ2n) is 4.03. The Morgan fingerprint density at radius 3 is 2.43 bits per heavy atom. The lowest BCUT2D eigenvalue weighted by Crippen LogP contribution is -2.34. The number of nitrogens with two attached hydrogens (primary N) is 1. The molecule has 0 saturated carbocycles. The number of hydrogen-bond acceptors (Lipinski definition) is 1. The maximum atomic E-state index is 13.1. The molecule has 0 aliphatic rings. The van der Waals surface area contributed by atoms with Crippen LogP contribution in [0.2, 0.25) is 0 Å². The summed E-state index contributed by atoms with van der Waals surface area (Å²) in [6.45, 7) is 3.62. The summed E-state index contributed by atoms with van der Waals surface area (Å²) in [4.78, 5) is 0. The number of rotatable bonds is 2. The average molecular weight is 264 g/mol. The highest BCUT2D eigenvalue weighted by molar-refractivity contribution is 9.10.